The minimum atomic E-state index is -4.73. The van der Waals surface area contributed by atoms with Gasteiger partial charge in [-0.2, -0.15) is 31.4 Å². The maximum atomic E-state index is 13.5. The smallest absolute Gasteiger partial charge is 0.419 e. The normalized spacial score (nSPS) is 23.2. The van der Waals surface area contributed by atoms with Gasteiger partial charge in [0, 0.05) is 63.9 Å². The molecule has 1 aromatic carbocycles. The van der Waals surface area contributed by atoms with Crippen LogP contribution in [-0.2, 0) is 15.8 Å². The summed E-state index contributed by atoms with van der Waals surface area (Å²) in [6.45, 7) is 1.51. The number of nitrogens with one attached hydrogen (secondary N) is 1. The first-order valence-electron chi connectivity index (χ1n) is 13.7. The number of aromatic nitrogens is 2. The van der Waals surface area contributed by atoms with Crippen molar-refractivity contribution in [2.24, 2.45) is 11.0 Å². The molecule has 1 aromatic heterocycles. The predicted molar refractivity (Wildman–Crippen MR) is 141 cm³/mol. The van der Waals surface area contributed by atoms with E-state index in [4.69, 9.17) is 4.74 Å². The monoisotopic (exact) mass is 613 g/mol. The van der Waals surface area contributed by atoms with Crippen LogP contribution in [0.1, 0.15) is 31.2 Å². The Balaban J connectivity index is 1.20. The second-order valence-corrected chi connectivity index (χ2v) is 10.6. The van der Waals surface area contributed by atoms with Crippen molar-refractivity contribution < 1.29 is 40.7 Å². The van der Waals surface area contributed by atoms with Crippen LogP contribution >= 0.6 is 0 Å². The Labute approximate surface area is 242 Å². The number of alkyl halides is 6. The highest BCUT2D eigenvalue weighted by molar-refractivity contribution is 5.93. The van der Waals surface area contributed by atoms with Gasteiger partial charge in [-0.05, 0) is 18.6 Å². The number of amidine groups is 1. The van der Waals surface area contributed by atoms with E-state index in [-0.39, 0.29) is 42.8 Å². The molecular weight excluding hydrogens is 584 g/mol. The lowest BCUT2D eigenvalue weighted by atomic mass is 10.0. The van der Waals surface area contributed by atoms with Crippen LogP contribution in [0.2, 0.25) is 0 Å². The van der Waals surface area contributed by atoms with Crippen molar-refractivity contribution in [3.05, 3.63) is 48.3 Å². The Morgan fingerprint density at radius 1 is 1.00 bits per heavy atom. The lowest BCUT2D eigenvalue weighted by molar-refractivity contribution is -0.182. The Bertz CT molecular complexity index is 1320. The second-order valence-electron chi connectivity index (χ2n) is 10.6. The van der Waals surface area contributed by atoms with E-state index in [1.165, 1.54) is 0 Å². The van der Waals surface area contributed by atoms with Crippen LogP contribution in [-0.4, -0.2) is 88.5 Å². The highest BCUT2D eigenvalue weighted by Crippen LogP contribution is 2.34. The number of carbonyl (C=O) groups is 2. The highest BCUT2D eigenvalue weighted by Gasteiger charge is 2.49. The molecule has 2 fully saturated rings. The number of anilines is 1. The molecular formula is C27H29F6N7O3. The van der Waals surface area contributed by atoms with Crippen molar-refractivity contribution in [3.8, 4) is 5.75 Å². The largest absolute Gasteiger partial charge is 0.489 e. The SMILES string of the molecule is O=C1NN=C(N2C[C@H](Oc3ccccc3)C[C@H]2CCC(=O)N2CCN(c3ncc(C(F)(F)F)cn3)CC2)CC1C(F)(F)F. The molecule has 232 valence electrons. The van der Waals surface area contributed by atoms with E-state index in [1.807, 2.05) is 11.5 Å². The van der Waals surface area contributed by atoms with Gasteiger partial charge in [-0.1, -0.05) is 18.2 Å². The van der Waals surface area contributed by atoms with Gasteiger partial charge in [-0.15, -0.1) is 0 Å². The molecule has 2 amide bonds. The maximum Gasteiger partial charge on any atom is 0.419 e. The van der Waals surface area contributed by atoms with Crippen LogP contribution in [0.15, 0.2) is 47.8 Å². The fourth-order valence-corrected chi connectivity index (χ4v) is 5.44. The molecule has 2 aromatic rings. The number of hydrogen-bond acceptors (Lipinski definition) is 8. The first-order valence-corrected chi connectivity index (χ1v) is 13.7. The molecule has 3 aliphatic rings. The highest BCUT2D eigenvalue weighted by atomic mass is 19.4. The lowest BCUT2D eigenvalue weighted by Gasteiger charge is -2.35. The van der Waals surface area contributed by atoms with Crippen LogP contribution in [0.3, 0.4) is 0 Å². The summed E-state index contributed by atoms with van der Waals surface area (Å²) in [5.41, 5.74) is 1.05. The number of piperazine rings is 1. The summed E-state index contributed by atoms with van der Waals surface area (Å²) in [7, 11) is 0. The second kappa shape index (κ2) is 12.2. The quantitative estimate of drug-likeness (QED) is 0.498. The van der Waals surface area contributed by atoms with Gasteiger partial charge >= 0.3 is 12.4 Å². The van der Waals surface area contributed by atoms with Gasteiger partial charge in [0.1, 0.15) is 23.6 Å². The van der Waals surface area contributed by atoms with Gasteiger partial charge in [0.25, 0.3) is 5.91 Å². The van der Waals surface area contributed by atoms with Gasteiger partial charge in [0.2, 0.25) is 11.9 Å². The van der Waals surface area contributed by atoms with E-state index in [2.05, 4.69) is 15.1 Å². The van der Waals surface area contributed by atoms with Crippen LogP contribution in [0, 0.1) is 5.92 Å². The Kier molecular flexibility index (Phi) is 8.64. The van der Waals surface area contributed by atoms with Crippen molar-refractivity contribution >= 4 is 23.6 Å². The van der Waals surface area contributed by atoms with Crippen LogP contribution < -0.4 is 15.1 Å². The van der Waals surface area contributed by atoms with E-state index >= 15 is 0 Å². The molecule has 0 radical (unpaired) electrons. The summed E-state index contributed by atoms with van der Waals surface area (Å²) in [6, 6.07) is 8.62. The van der Waals surface area contributed by atoms with Crippen molar-refractivity contribution in [1.82, 2.24) is 25.2 Å². The van der Waals surface area contributed by atoms with Gasteiger partial charge in [0.05, 0.1) is 12.1 Å². The van der Waals surface area contributed by atoms with Crippen molar-refractivity contribution in [2.45, 2.75) is 50.2 Å². The van der Waals surface area contributed by atoms with E-state index in [9.17, 15) is 35.9 Å². The molecule has 3 aliphatic heterocycles. The number of hydrogen-bond donors (Lipinski definition) is 1. The average molecular weight is 614 g/mol. The first-order chi connectivity index (χ1) is 20.4. The molecule has 3 atom stereocenters. The lowest BCUT2D eigenvalue weighted by Crippen LogP contribution is -2.50. The summed E-state index contributed by atoms with van der Waals surface area (Å²) in [5, 5.41) is 3.93. The number of carbonyl (C=O) groups excluding carboxylic acids is 2. The number of nitrogens with zero attached hydrogens (tertiary/aromatic N) is 6. The van der Waals surface area contributed by atoms with Crippen LogP contribution in [0.4, 0.5) is 32.3 Å². The third-order valence-corrected chi connectivity index (χ3v) is 7.72. The van der Waals surface area contributed by atoms with Gasteiger partial charge < -0.3 is 19.4 Å². The summed E-state index contributed by atoms with van der Waals surface area (Å²) >= 11 is 0. The molecule has 5 rings (SSSR count). The zero-order valence-electron chi connectivity index (χ0n) is 22.8. The fraction of sp³-hybridized carbons (Fsp3) is 0.519. The molecule has 1 unspecified atom stereocenters. The van der Waals surface area contributed by atoms with Gasteiger partial charge in [-0.25, -0.2) is 15.4 Å². The number of hydrazone groups is 1. The van der Waals surface area contributed by atoms with E-state index in [0.29, 0.717) is 44.8 Å². The number of ether oxygens (including phenoxy) is 1. The maximum absolute atomic E-state index is 13.5. The first kappa shape index (κ1) is 30.4. The molecule has 0 bridgehead atoms. The average Bonchev–Trinajstić information content (AvgIpc) is 3.38. The molecule has 1 N–H and O–H groups in total. The third-order valence-electron chi connectivity index (χ3n) is 7.72. The topological polar surface area (TPSA) is 103 Å². The van der Waals surface area contributed by atoms with Crippen molar-refractivity contribution in [1.29, 1.82) is 0 Å². The van der Waals surface area contributed by atoms with E-state index in [1.54, 1.807) is 39.0 Å². The molecule has 10 nitrogen and oxygen atoms in total. The van der Waals surface area contributed by atoms with Crippen LogP contribution in [0.25, 0.3) is 0 Å². The van der Waals surface area contributed by atoms with Gasteiger partial charge in [-0.3, -0.25) is 9.59 Å². The van der Waals surface area contributed by atoms with Crippen LogP contribution in [0.5, 0.6) is 5.75 Å². The summed E-state index contributed by atoms with van der Waals surface area (Å²) in [5.74, 6) is -2.76. The zero-order valence-corrected chi connectivity index (χ0v) is 22.8. The number of rotatable bonds is 6. The molecule has 43 heavy (non-hydrogen) atoms. The van der Waals surface area contributed by atoms with Crippen molar-refractivity contribution in [3.63, 3.8) is 0 Å². The number of amides is 2. The van der Waals surface area contributed by atoms with E-state index < -0.39 is 36.2 Å². The third kappa shape index (κ3) is 7.28. The standard InChI is InChI=1S/C27H29F6N7O3/c28-26(29,30)17-14-34-25(35-15-17)39-10-8-38(9-11-39)23(41)7-6-18-12-20(43-19-4-2-1-3-5-19)16-40(18)22-13-21(27(31,32)33)24(42)37-36-22/h1-5,14-15,18,20-21H,6-13,16H2,(H,37,42)/t18-,20-,21?/m1/s1. The molecule has 2 saturated heterocycles. The Hall–Kier alpha value is -4.11. The molecule has 0 saturated carbocycles. The molecule has 16 heteroatoms. The van der Waals surface area contributed by atoms with Crippen molar-refractivity contribution in [2.75, 3.05) is 37.6 Å². The number of benzene rings is 1. The number of para-hydroxylation sites is 1. The summed E-state index contributed by atoms with van der Waals surface area (Å²) in [4.78, 5) is 37.6. The summed E-state index contributed by atoms with van der Waals surface area (Å²) in [6.07, 6.45) is -7.94. The fourth-order valence-electron chi connectivity index (χ4n) is 5.44. The Morgan fingerprint density at radius 3 is 2.30 bits per heavy atom. The minimum absolute atomic E-state index is 0.0868. The van der Waals surface area contributed by atoms with Gasteiger partial charge in [0.15, 0.2) is 0 Å². The molecule has 4 heterocycles. The molecule has 0 aliphatic carbocycles. The Morgan fingerprint density at radius 2 is 1.67 bits per heavy atom. The van der Waals surface area contributed by atoms with E-state index in [0.717, 1.165) is 12.4 Å². The predicted octanol–water partition coefficient (Wildman–Crippen LogP) is 3.46. The minimum Gasteiger partial charge on any atom is -0.489 e. The number of halogens is 6. The molecule has 0 spiro atoms. The zero-order chi connectivity index (χ0) is 30.8. The summed E-state index contributed by atoms with van der Waals surface area (Å²) < 4.78 is 85.0. The number of likely N-dealkylation sites (tertiary alicyclic amines) is 1.